The molecule has 3 heterocycles. The number of sulfonamides is 2. The highest BCUT2D eigenvalue weighted by Gasteiger charge is 2.39. The minimum Gasteiger partial charge on any atom is -0.480 e. The Morgan fingerprint density at radius 3 is 1.39 bits per heavy atom. The molecule has 0 spiro atoms. The van der Waals surface area contributed by atoms with E-state index in [1.807, 2.05) is 76.6 Å². The van der Waals surface area contributed by atoms with Gasteiger partial charge < -0.3 is 73.0 Å². The number of carbonyl (C=O) groups excluding carboxylic acids is 4. The lowest BCUT2D eigenvalue weighted by Gasteiger charge is -2.36. The summed E-state index contributed by atoms with van der Waals surface area (Å²) in [6, 6.07) is 24.5. The van der Waals surface area contributed by atoms with E-state index in [0.717, 1.165) is 50.1 Å². The number of nitrogens with one attached hydrogen (secondary N) is 4. The maximum Gasteiger partial charge on any atom is 0.329 e. The third-order valence-electron chi connectivity index (χ3n) is 21.9. The Morgan fingerprint density at radius 1 is 0.525 bits per heavy atom. The second kappa shape index (κ2) is 47.8. The molecule has 0 saturated carbocycles. The van der Waals surface area contributed by atoms with Crippen molar-refractivity contribution in [3.05, 3.63) is 183 Å². The van der Waals surface area contributed by atoms with Crippen molar-refractivity contribution in [2.24, 2.45) is 5.92 Å². The van der Waals surface area contributed by atoms with Crippen LogP contribution in [-0.2, 0) is 111 Å². The van der Waals surface area contributed by atoms with Gasteiger partial charge in [-0.15, -0.1) is 4.72 Å². The fourth-order valence-electron chi connectivity index (χ4n) is 15.3. The Hall–Kier alpha value is -5.84. The van der Waals surface area contributed by atoms with Crippen LogP contribution in [-0.4, -0.2) is 290 Å². The maximum absolute atomic E-state index is 14.1. The second-order valence-corrected chi connectivity index (χ2v) is 39.2. The molecule has 122 heavy (non-hydrogen) atoms. The molecule has 5 aromatic rings. The standard InChI is InChI=1S/C84H112Cl6N10O19S3/c1-57-14-15-60(71-51-97(4)54-74-68(71)45-63(87)48-77(74)90)42-78(57)122(111,112)93-24-30-115-36-39-118-33-27-100(7)82(104)18-21-84(94-79(101)55-119-56-83(105)106,19-16-80(102)98(5)25-31-116-37-34-113-28-22-91-120(107,108)64-12-8-10-58(40-64)69-49-95(2)52-72-66(69)43-61(85)46-75(72)88)20-17-81(103)99(6)26-32-117-38-35-114-29-23-92-121(109,110)65-13-9-11-59(41-65)70-50-96(3)53-73-67(70)44-62(86)47-76(73)89/h8-15,40-48,57,69-71,78,91,93H,16-39,49-56H2,1-7H3,(H3-,92,94,101,105,106,109,110)/p+1/t57?,69-,70-,71-,78?,84?/m0/s1. The normalized spacial score (nSPS) is 18.6. The van der Waals surface area contributed by atoms with Crippen molar-refractivity contribution in [1.82, 2.24) is 48.9 Å². The van der Waals surface area contributed by atoms with Crippen LogP contribution in [0.4, 0.5) is 0 Å². The van der Waals surface area contributed by atoms with Crippen molar-refractivity contribution in [1.29, 1.82) is 0 Å². The number of rotatable bonds is 50. The molecule has 4 unspecified atom stereocenters. The van der Waals surface area contributed by atoms with E-state index in [0.29, 0.717) is 69.4 Å². The first-order chi connectivity index (χ1) is 58.0. The van der Waals surface area contributed by atoms with Crippen molar-refractivity contribution < 1.29 is 87.8 Å². The fourth-order valence-corrected chi connectivity index (χ4v) is 20.7. The molecule has 0 saturated heterocycles. The van der Waals surface area contributed by atoms with Crippen LogP contribution in [0.15, 0.2) is 119 Å². The lowest BCUT2D eigenvalue weighted by Crippen LogP contribution is -2.52. The predicted octanol–water partition coefficient (Wildman–Crippen LogP) is 10.00. The largest absolute Gasteiger partial charge is 0.480 e. The van der Waals surface area contributed by atoms with Gasteiger partial charge in [0.25, 0.3) is 0 Å². The molecule has 6 N–H and O–H groups in total. The Kier molecular flexibility index (Phi) is 39.2. The monoisotopic (exact) mass is 1870 g/mol. The van der Waals surface area contributed by atoms with E-state index in [9.17, 15) is 54.7 Å². The topological polar surface area (TPSA) is 343 Å². The third-order valence-corrected chi connectivity index (χ3v) is 28.4. The minimum absolute atomic E-state index is 0.00841. The Bertz CT molecular complexity index is 4770. The second-order valence-electron chi connectivity index (χ2n) is 31.2. The van der Waals surface area contributed by atoms with E-state index < -0.39 is 66.3 Å². The van der Waals surface area contributed by atoms with Crippen LogP contribution in [0.3, 0.4) is 0 Å². The molecule has 1 aliphatic carbocycles. The van der Waals surface area contributed by atoms with E-state index in [4.69, 9.17) is 103 Å². The summed E-state index contributed by atoms with van der Waals surface area (Å²) in [5.41, 5.74) is 6.82. The maximum atomic E-state index is 14.1. The quantitative estimate of drug-likeness (QED) is 0.0156. The molecule has 0 fully saturated rings. The fraction of sp³-hybridized carbons (Fsp3) is 0.536. The summed E-state index contributed by atoms with van der Waals surface area (Å²) in [5, 5.41) is 14.6. The van der Waals surface area contributed by atoms with Gasteiger partial charge in [-0.2, -0.15) is 4.55 Å². The van der Waals surface area contributed by atoms with Crippen molar-refractivity contribution in [3.8, 4) is 0 Å². The molecular formula is C84H113Cl6N10O19S3+. The van der Waals surface area contributed by atoms with Crippen LogP contribution in [0.25, 0.3) is 0 Å². The minimum atomic E-state index is -3.93. The molecule has 0 radical (unpaired) electrons. The first-order valence-corrected chi connectivity index (χ1v) is 47.2. The summed E-state index contributed by atoms with van der Waals surface area (Å²) in [4.78, 5) is 78.4. The summed E-state index contributed by atoms with van der Waals surface area (Å²) in [5.74, 6) is -3.93. The molecule has 4 aliphatic rings. The Balaban J connectivity index is 0.736. The highest BCUT2D eigenvalue weighted by molar-refractivity contribution is 7.96. The van der Waals surface area contributed by atoms with E-state index >= 15 is 0 Å². The number of allylic oxidation sites excluding steroid dienone is 2. The first-order valence-electron chi connectivity index (χ1n) is 40.4. The van der Waals surface area contributed by atoms with Gasteiger partial charge in [-0.25, -0.2) is 31.1 Å². The van der Waals surface area contributed by atoms with E-state index in [-0.39, 0.29) is 208 Å². The van der Waals surface area contributed by atoms with Gasteiger partial charge in [-0.1, -0.05) is 119 Å². The lowest BCUT2D eigenvalue weighted by atomic mass is 9.81. The zero-order valence-corrected chi connectivity index (χ0v) is 76.8. The van der Waals surface area contributed by atoms with Crippen LogP contribution >= 0.6 is 69.6 Å². The van der Waals surface area contributed by atoms with Gasteiger partial charge in [-0.05, 0) is 155 Å². The van der Waals surface area contributed by atoms with Gasteiger partial charge in [0, 0.05) is 172 Å². The summed E-state index contributed by atoms with van der Waals surface area (Å²) in [6.07, 6.45) is 4.93. The van der Waals surface area contributed by atoms with Crippen LogP contribution in [0, 0.1) is 5.92 Å². The lowest BCUT2D eigenvalue weighted by molar-refractivity contribution is -0.144. The molecule has 7 atom stereocenters. The molecule has 29 nitrogen and oxygen atoms in total. The van der Waals surface area contributed by atoms with E-state index in [2.05, 4.69) is 34.2 Å². The summed E-state index contributed by atoms with van der Waals surface area (Å²) >= 11 is 39.1. The number of amides is 4. The zero-order valence-electron chi connectivity index (χ0n) is 69.8. The van der Waals surface area contributed by atoms with Crippen molar-refractivity contribution in [2.45, 2.75) is 103 Å². The molecule has 38 heteroatoms. The molecule has 5 aromatic carbocycles. The predicted molar refractivity (Wildman–Crippen MR) is 472 cm³/mol. The molecule has 3 aliphatic heterocycles. The third kappa shape index (κ3) is 29.9. The van der Waals surface area contributed by atoms with Gasteiger partial charge >= 0.3 is 16.4 Å². The van der Waals surface area contributed by atoms with Gasteiger partial charge in [0.15, 0.2) is 0 Å². The number of carboxylic acids is 1. The number of benzene rings is 5. The number of hydrogen-bond donors (Lipinski definition) is 6. The van der Waals surface area contributed by atoms with Gasteiger partial charge in [0.2, 0.25) is 48.6 Å². The number of halogens is 6. The Labute approximate surface area is 747 Å². The Morgan fingerprint density at radius 2 is 0.934 bits per heavy atom. The smallest absolute Gasteiger partial charge is 0.329 e. The van der Waals surface area contributed by atoms with Crippen LogP contribution in [0.1, 0.15) is 108 Å². The first kappa shape index (κ1) is 99.9. The number of hydrogen-bond acceptors (Lipinski definition) is 20. The number of aliphatic carboxylic acids is 1. The number of ether oxygens (including phenoxy) is 7. The highest BCUT2D eigenvalue weighted by atomic mass is 35.5. The molecule has 0 aromatic heterocycles. The summed E-state index contributed by atoms with van der Waals surface area (Å²) in [6.45, 7) is 5.78. The number of nitrogens with zero attached hydrogens (tertiary/aromatic N) is 6. The van der Waals surface area contributed by atoms with Gasteiger partial charge in [-0.3, -0.25) is 19.2 Å². The van der Waals surface area contributed by atoms with E-state index in [1.165, 1.54) is 20.8 Å². The zero-order chi connectivity index (χ0) is 88.5. The molecule has 672 valence electrons. The van der Waals surface area contributed by atoms with Crippen molar-refractivity contribution >= 4 is 130 Å². The van der Waals surface area contributed by atoms with E-state index in [1.54, 1.807) is 69.7 Å². The molecule has 0 bridgehead atoms. The summed E-state index contributed by atoms with van der Waals surface area (Å²) in [7, 11) is -0.792. The summed E-state index contributed by atoms with van der Waals surface area (Å²) < 4.78 is 127. The van der Waals surface area contributed by atoms with Crippen molar-refractivity contribution in [2.75, 3.05) is 194 Å². The molecule has 4 amide bonds. The number of carbonyl (C=O) groups is 5. The number of likely N-dealkylation sites (N-methyl/N-ethyl adjacent to an activating group) is 6. The number of carboxylic acid groups (broad SMARTS) is 1. The van der Waals surface area contributed by atoms with Crippen LogP contribution in [0.2, 0.25) is 30.1 Å². The molecule has 9 rings (SSSR count). The van der Waals surface area contributed by atoms with Crippen molar-refractivity contribution in [3.63, 3.8) is 0 Å². The highest BCUT2D eigenvalue weighted by Crippen LogP contribution is 2.44. The van der Waals surface area contributed by atoms with Gasteiger partial charge in [0.1, 0.15) is 13.2 Å². The molecular weight excluding hydrogens is 1760 g/mol. The average Bonchev–Trinajstić information content (AvgIpc) is 0.777. The van der Waals surface area contributed by atoms with Crippen LogP contribution in [0.5, 0.6) is 0 Å². The van der Waals surface area contributed by atoms with Crippen LogP contribution < -0.4 is 19.5 Å². The number of fused-ring (bicyclic) bond motifs is 3. The van der Waals surface area contributed by atoms with Gasteiger partial charge in [0.05, 0.1) is 96.0 Å². The average molecular weight is 1880 g/mol. The SMILES string of the molecule is CC1C=CC([C@@H]2CN(C)Cc3c(Cl)cc(Cl)cc32)=CC1S(=O)(=O)NCCOCCOCCN(C)C(=O)CCC(CCC(=O)N(C)CCOCCOCCNS(=O)(=O)c1cccc([C@@H]2CN(C)Cc3c(Cl)cc(Cl)cc32)c1)(CCC(=O)N(C)CCOCCOCCN[S+](=O)(O)c1cccc([C@@H]2CN(C)Cc3c(Cl)cc(Cl)cc32)c1)NC(=O)COCC(=O)O.